The zero-order chi connectivity index (χ0) is 13.8. The molecule has 1 unspecified atom stereocenters. The Morgan fingerprint density at radius 3 is 2.95 bits per heavy atom. The van der Waals surface area contributed by atoms with Crippen molar-refractivity contribution in [3.63, 3.8) is 0 Å². The summed E-state index contributed by atoms with van der Waals surface area (Å²) in [7, 11) is 3.12. The van der Waals surface area contributed by atoms with Crippen LogP contribution in [0.1, 0.15) is 23.2 Å². The molecule has 2 rings (SSSR count). The van der Waals surface area contributed by atoms with Gasteiger partial charge < -0.3 is 14.4 Å². The highest BCUT2D eigenvalue weighted by Gasteiger charge is 2.22. The molecular formula is C14H18FNO3. The van der Waals surface area contributed by atoms with E-state index in [1.807, 2.05) is 0 Å². The first kappa shape index (κ1) is 13.8. The van der Waals surface area contributed by atoms with Gasteiger partial charge in [0.1, 0.15) is 11.6 Å². The molecule has 1 aliphatic heterocycles. The van der Waals surface area contributed by atoms with Gasteiger partial charge in [-0.15, -0.1) is 0 Å². The van der Waals surface area contributed by atoms with Crippen molar-refractivity contribution in [1.82, 2.24) is 4.90 Å². The molecule has 104 valence electrons. The number of ether oxygens (including phenoxy) is 2. The number of hydrogen-bond acceptors (Lipinski definition) is 3. The van der Waals surface area contributed by atoms with Crippen molar-refractivity contribution in [3.8, 4) is 5.75 Å². The van der Waals surface area contributed by atoms with Gasteiger partial charge in [-0.25, -0.2) is 4.39 Å². The maximum Gasteiger partial charge on any atom is 0.256 e. The predicted molar refractivity (Wildman–Crippen MR) is 68.9 cm³/mol. The molecule has 1 saturated heterocycles. The van der Waals surface area contributed by atoms with Gasteiger partial charge in [0.25, 0.3) is 5.91 Å². The van der Waals surface area contributed by atoms with Crippen LogP contribution in [0.2, 0.25) is 0 Å². The van der Waals surface area contributed by atoms with Crippen LogP contribution in [0.4, 0.5) is 4.39 Å². The lowest BCUT2D eigenvalue weighted by Crippen LogP contribution is -2.34. The average Bonchev–Trinajstić information content (AvgIpc) is 2.90. The molecule has 0 N–H and O–H groups in total. The lowest BCUT2D eigenvalue weighted by atomic mass is 10.1. The molecule has 1 fully saturated rings. The van der Waals surface area contributed by atoms with E-state index in [1.165, 1.54) is 24.1 Å². The second kappa shape index (κ2) is 6.02. The Kier molecular flexibility index (Phi) is 4.37. The Morgan fingerprint density at radius 2 is 2.37 bits per heavy atom. The molecule has 0 saturated carbocycles. The monoisotopic (exact) mass is 267 g/mol. The Balaban J connectivity index is 2.05. The first-order chi connectivity index (χ1) is 9.11. The van der Waals surface area contributed by atoms with Gasteiger partial charge in [-0.1, -0.05) is 0 Å². The summed E-state index contributed by atoms with van der Waals surface area (Å²) >= 11 is 0. The zero-order valence-electron chi connectivity index (χ0n) is 11.2. The van der Waals surface area contributed by atoms with E-state index in [2.05, 4.69) is 0 Å². The number of halogens is 1. The smallest absolute Gasteiger partial charge is 0.256 e. The van der Waals surface area contributed by atoms with Crippen molar-refractivity contribution >= 4 is 5.91 Å². The molecule has 1 amide bonds. The van der Waals surface area contributed by atoms with Crippen LogP contribution in [0.5, 0.6) is 5.75 Å². The summed E-state index contributed by atoms with van der Waals surface area (Å²) in [4.78, 5) is 13.6. The van der Waals surface area contributed by atoms with Crippen LogP contribution in [0, 0.1) is 5.82 Å². The van der Waals surface area contributed by atoms with Crippen LogP contribution in [0.15, 0.2) is 18.2 Å². The van der Waals surface area contributed by atoms with E-state index >= 15 is 0 Å². The van der Waals surface area contributed by atoms with Crippen LogP contribution in [-0.4, -0.2) is 44.2 Å². The van der Waals surface area contributed by atoms with Crippen LogP contribution in [-0.2, 0) is 4.74 Å². The largest absolute Gasteiger partial charge is 0.497 e. The lowest BCUT2D eigenvalue weighted by Gasteiger charge is -2.21. The molecule has 1 heterocycles. The molecule has 1 atom stereocenters. The van der Waals surface area contributed by atoms with Crippen LogP contribution in [0.3, 0.4) is 0 Å². The van der Waals surface area contributed by atoms with E-state index in [4.69, 9.17) is 9.47 Å². The second-order valence-electron chi connectivity index (χ2n) is 4.67. The fraction of sp³-hybridized carbons (Fsp3) is 0.500. The highest BCUT2D eigenvalue weighted by molar-refractivity contribution is 5.94. The maximum atomic E-state index is 13.8. The normalized spacial score (nSPS) is 18.4. The topological polar surface area (TPSA) is 38.8 Å². The van der Waals surface area contributed by atoms with E-state index < -0.39 is 5.82 Å². The first-order valence-corrected chi connectivity index (χ1v) is 6.32. The number of carbonyl (C=O) groups is 1. The van der Waals surface area contributed by atoms with Crippen molar-refractivity contribution in [2.45, 2.75) is 18.9 Å². The van der Waals surface area contributed by atoms with Gasteiger partial charge in [-0.2, -0.15) is 0 Å². The summed E-state index contributed by atoms with van der Waals surface area (Å²) in [5.41, 5.74) is 0.0568. The van der Waals surface area contributed by atoms with Crippen molar-refractivity contribution in [2.24, 2.45) is 0 Å². The molecule has 0 aliphatic carbocycles. The number of nitrogens with zero attached hydrogens (tertiary/aromatic N) is 1. The summed E-state index contributed by atoms with van der Waals surface area (Å²) in [5, 5.41) is 0. The quantitative estimate of drug-likeness (QED) is 0.838. The number of rotatable bonds is 4. The van der Waals surface area contributed by atoms with Gasteiger partial charge in [0.05, 0.1) is 18.8 Å². The summed E-state index contributed by atoms with van der Waals surface area (Å²) in [6, 6.07) is 4.24. The van der Waals surface area contributed by atoms with Gasteiger partial charge in [0.15, 0.2) is 0 Å². The summed E-state index contributed by atoms with van der Waals surface area (Å²) in [5.74, 6) is -0.505. The molecule has 0 bridgehead atoms. The van der Waals surface area contributed by atoms with E-state index in [0.717, 1.165) is 19.4 Å². The van der Waals surface area contributed by atoms with Gasteiger partial charge in [0.2, 0.25) is 0 Å². The Labute approximate surface area is 112 Å². The molecule has 1 aliphatic rings. The van der Waals surface area contributed by atoms with Crippen molar-refractivity contribution < 1.29 is 18.7 Å². The summed E-state index contributed by atoms with van der Waals surface area (Å²) < 4.78 is 24.2. The molecule has 1 aromatic carbocycles. The zero-order valence-corrected chi connectivity index (χ0v) is 11.2. The van der Waals surface area contributed by atoms with Gasteiger partial charge in [-0.05, 0) is 25.0 Å². The lowest BCUT2D eigenvalue weighted by molar-refractivity contribution is 0.0583. The SMILES string of the molecule is COc1ccc(C(=O)N(C)CC2CCCO2)c(F)c1. The Hall–Kier alpha value is -1.62. The first-order valence-electron chi connectivity index (χ1n) is 6.32. The van der Waals surface area contributed by atoms with E-state index in [-0.39, 0.29) is 17.6 Å². The molecule has 19 heavy (non-hydrogen) atoms. The highest BCUT2D eigenvalue weighted by atomic mass is 19.1. The standard InChI is InChI=1S/C14H18FNO3/c1-16(9-11-4-3-7-19-11)14(17)12-6-5-10(18-2)8-13(12)15/h5-6,8,11H,3-4,7,9H2,1-2H3. The minimum atomic E-state index is -0.566. The van der Waals surface area contributed by atoms with Gasteiger partial charge in [0, 0.05) is 26.3 Å². The Morgan fingerprint density at radius 1 is 1.58 bits per heavy atom. The van der Waals surface area contributed by atoms with E-state index in [1.54, 1.807) is 13.1 Å². The maximum absolute atomic E-state index is 13.8. The molecular weight excluding hydrogens is 249 g/mol. The number of hydrogen-bond donors (Lipinski definition) is 0. The van der Waals surface area contributed by atoms with E-state index in [0.29, 0.717) is 12.3 Å². The highest BCUT2D eigenvalue weighted by Crippen LogP contribution is 2.19. The summed E-state index contributed by atoms with van der Waals surface area (Å²) in [6.45, 7) is 1.23. The third-order valence-electron chi connectivity index (χ3n) is 3.25. The molecule has 0 radical (unpaired) electrons. The molecule has 1 aromatic rings. The fourth-order valence-corrected chi connectivity index (χ4v) is 2.18. The van der Waals surface area contributed by atoms with Crippen molar-refractivity contribution in [2.75, 3.05) is 27.3 Å². The molecule has 4 nitrogen and oxygen atoms in total. The predicted octanol–water partition coefficient (Wildman–Crippen LogP) is 2.09. The van der Waals surface area contributed by atoms with Crippen molar-refractivity contribution in [1.29, 1.82) is 0 Å². The van der Waals surface area contributed by atoms with Gasteiger partial charge >= 0.3 is 0 Å². The third-order valence-corrected chi connectivity index (χ3v) is 3.25. The van der Waals surface area contributed by atoms with E-state index in [9.17, 15) is 9.18 Å². The Bertz CT molecular complexity index is 458. The third kappa shape index (κ3) is 3.23. The molecule has 0 aromatic heterocycles. The van der Waals surface area contributed by atoms with Crippen molar-refractivity contribution in [3.05, 3.63) is 29.6 Å². The fourth-order valence-electron chi connectivity index (χ4n) is 2.18. The number of likely N-dealkylation sites (N-methyl/N-ethyl adjacent to an activating group) is 1. The summed E-state index contributed by atoms with van der Waals surface area (Å²) in [6.07, 6.45) is 2.03. The van der Waals surface area contributed by atoms with Gasteiger partial charge in [-0.3, -0.25) is 4.79 Å². The number of methoxy groups -OCH3 is 1. The number of amides is 1. The second-order valence-corrected chi connectivity index (χ2v) is 4.67. The molecule has 0 spiro atoms. The van der Waals surface area contributed by atoms with Crippen LogP contribution in [0.25, 0.3) is 0 Å². The van der Waals surface area contributed by atoms with Crippen LogP contribution < -0.4 is 4.74 Å². The number of carbonyl (C=O) groups excluding carboxylic acids is 1. The minimum Gasteiger partial charge on any atom is -0.497 e. The molecule has 5 heteroatoms. The number of benzene rings is 1. The average molecular weight is 267 g/mol. The van der Waals surface area contributed by atoms with Crippen LogP contribution >= 0.6 is 0 Å². The minimum absolute atomic E-state index is 0.0568.